The van der Waals surface area contributed by atoms with Crippen molar-refractivity contribution in [2.24, 2.45) is 0 Å². The quantitative estimate of drug-likeness (QED) is 0.463. The number of carbonyl (C=O) groups excluding carboxylic acids is 1. The molecule has 7 nitrogen and oxygen atoms in total. The smallest absolute Gasteiger partial charge is 0.318 e. The molecule has 3 aromatic heterocycles. The first-order valence-corrected chi connectivity index (χ1v) is 7.82. The lowest BCUT2D eigenvalue weighted by molar-refractivity contribution is 0.254. The van der Waals surface area contributed by atoms with Gasteiger partial charge in [0.15, 0.2) is 0 Å². The fraction of sp³-hybridized carbons (Fsp3) is 0.0556. The lowest BCUT2D eigenvalue weighted by atomic mass is 10.1. The van der Waals surface area contributed by atoms with Crippen molar-refractivity contribution in [2.45, 2.75) is 0 Å². The Labute approximate surface area is 143 Å². The minimum absolute atomic E-state index is 0.278. The Hall–Kier alpha value is -3.61. The Balaban J connectivity index is 1.89. The Bertz CT molecular complexity index is 1020. The van der Waals surface area contributed by atoms with Crippen molar-refractivity contribution in [3.8, 4) is 22.8 Å². The van der Waals surface area contributed by atoms with Crippen molar-refractivity contribution in [1.29, 1.82) is 0 Å². The maximum atomic E-state index is 11.5. The number of hydrogen-bond acceptors (Lipinski definition) is 3. The summed E-state index contributed by atoms with van der Waals surface area (Å²) in [6, 6.07) is 12.9. The molecule has 3 heterocycles. The molecule has 4 aromatic rings. The zero-order chi connectivity index (χ0) is 17.2. The molecular weight excluding hydrogens is 316 g/mol. The largest absolute Gasteiger partial charge is 0.360 e. The molecule has 124 valence electrons. The van der Waals surface area contributed by atoms with Crippen LogP contribution in [0.3, 0.4) is 0 Å². The summed E-state index contributed by atoms with van der Waals surface area (Å²) in [6.07, 6.45) is 3.71. The summed E-state index contributed by atoms with van der Waals surface area (Å²) >= 11 is 0. The molecule has 0 atom stereocenters. The molecule has 0 aliphatic carbocycles. The average Bonchev–Trinajstić information content (AvgIpc) is 3.34. The fourth-order valence-corrected chi connectivity index (χ4v) is 2.66. The molecule has 0 unspecified atom stereocenters. The molecule has 0 radical (unpaired) electrons. The first kappa shape index (κ1) is 14.9. The molecule has 0 saturated heterocycles. The van der Waals surface area contributed by atoms with Gasteiger partial charge in [-0.25, -0.2) is 14.8 Å². The number of aromatic nitrogens is 4. The average molecular weight is 332 g/mol. The van der Waals surface area contributed by atoms with Crippen LogP contribution in [0.2, 0.25) is 0 Å². The minimum atomic E-state index is -0.278. The minimum Gasteiger partial charge on any atom is -0.360 e. The summed E-state index contributed by atoms with van der Waals surface area (Å²) < 4.78 is 0. The molecular formula is C18H16N6O. The Kier molecular flexibility index (Phi) is 3.66. The molecule has 4 N–H and O–H groups in total. The number of fused-ring (bicyclic) bond motifs is 1. The van der Waals surface area contributed by atoms with Crippen LogP contribution in [0.5, 0.6) is 0 Å². The molecule has 4 rings (SSSR count). The number of aromatic amines is 2. The monoisotopic (exact) mass is 332 g/mol. The molecule has 0 saturated carbocycles. The molecule has 0 aliphatic heterocycles. The van der Waals surface area contributed by atoms with Gasteiger partial charge in [0.25, 0.3) is 0 Å². The van der Waals surface area contributed by atoms with Crippen LogP contribution in [0.15, 0.2) is 54.9 Å². The van der Waals surface area contributed by atoms with Crippen molar-refractivity contribution in [2.75, 3.05) is 12.4 Å². The molecule has 0 bridgehead atoms. The van der Waals surface area contributed by atoms with E-state index in [0.29, 0.717) is 11.2 Å². The fourth-order valence-electron chi connectivity index (χ4n) is 2.66. The highest BCUT2D eigenvalue weighted by molar-refractivity contribution is 5.92. The molecule has 2 amide bonds. The number of benzene rings is 1. The Morgan fingerprint density at radius 2 is 1.56 bits per heavy atom. The third-order valence-corrected chi connectivity index (χ3v) is 3.86. The third-order valence-electron chi connectivity index (χ3n) is 3.86. The predicted octanol–water partition coefficient (Wildman–Crippen LogP) is 3.37. The number of amides is 2. The van der Waals surface area contributed by atoms with E-state index in [1.54, 1.807) is 13.1 Å². The zero-order valence-corrected chi connectivity index (χ0v) is 13.5. The number of urea groups is 1. The summed E-state index contributed by atoms with van der Waals surface area (Å²) in [4.78, 5) is 27.4. The number of hydrogen-bond donors (Lipinski definition) is 4. The SMILES string of the molecule is CNC(=O)Nc1ccc2nc(-c3ccc[nH]3)c(-c3ccc[nH]3)nc2c1. The van der Waals surface area contributed by atoms with E-state index in [1.807, 2.05) is 48.8 Å². The van der Waals surface area contributed by atoms with Crippen molar-refractivity contribution < 1.29 is 4.79 Å². The van der Waals surface area contributed by atoms with Crippen LogP contribution in [0, 0.1) is 0 Å². The van der Waals surface area contributed by atoms with Gasteiger partial charge in [0, 0.05) is 25.1 Å². The second kappa shape index (κ2) is 6.12. The second-order valence-corrected chi connectivity index (χ2v) is 5.50. The second-order valence-electron chi connectivity index (χ2n) is 5.50. The number of carbonyl (C=O) groups is 1. The van der Waals surface area contributed by atoms with Gasteiger partial charge in [0.1, 0.15) is 11.4 Å². The highest BCUT2D eigenvalue weighted by Crippen LogP contribution is 2.29. The van der Waals surface area contributed by atoms with Gasteiger partial charge in [-0.2, -0.15) is 0 Å². The highest BCUT2D eigenvalue weighted by Gasteiger charge is 2.14. The van der Waals surface area contributed by atoms with Crippen LogP contribution >= 0.6 is 0 Å². The van der Waals surface area contributed by atoms with Gasteiger partial charge in [-0.05, 0) is 42.5 Å². The van der Waals surface area contributed by atoms with Crippen LogP contribution in [0.25, 0.3) is 33.8 Å². The van der Waals surface area contributed by atoms with Crippen LogP contribution < -0.4 is 10.6 Å². The highest BCUT2D eigenvalue weighted by atomic mass is 16.2. The molecule has 0 fully saturated rings. The van der Waals surface area contributed by atoms with Crippen molar-refractivity contribution >= 4 is 22.8 Å². The van der Waals surface area contributed by atoms with E-state index >= 15 is 0 Å². The van der Waals surface area contributed by atoms with Crippen molar-refractivity contribution in [1.82, 2.24) is 25.3 Å². The van der Waals surface area contributed by atoms with E-state index in [1.165, 1.54) is 0 Å². The van der Waals surface area contributed by atoms with Gasteiger partial charge in [-0.15, -0.1) is 0 Å². The first-order valence-electron chi connectivity index (χ1n) is 7.82. The predicted molar refractivity (Wildman–Crippen MR) is 97.2 cm³/mol. The number of nitrogens with zero attached hydrogens (tertiary/aromatic N) is 2. The lowest BCUT2D eigenvalue weighted by Gasteiger charge is -2.10. The number of rotatable bonds is 3. The van der Waals surface area contributed by atoms with Crippen LogP contribution in [0.1, 0.15) is 0 Å². The van der Waals surface area contributed by atoms with Gasteiger partial charge in [0.05, 0.1) is 22.4 Å². The van der Waals surface area contributed by atoms with Gasteiger partial charge < -0.3 is 20.6 Å². The topological polar surface area (TPSA) is 98.5 Å². The number of anilines is 1. The molecule has 0 spiro atoms. The molecule has 25 heavy (non-hydrogen) atoms. The number of nitrogens with one attached hydrogen (secondary N) is 4. The number of H-pyrrole nitrogens is 2. The summed E-state index contributed by atoms with van der Waals surface area (Å²) in [5.41, 5.74) is 5.40. The van der Waals surface area contributed by atoms with E-state index in [-0.39, 0.29) is 6.03 Å². The van der Waals surface area contributed by atoms with E-state index in [9.17, 15) is 4.79 Å². The van der Waals surface area contributed by atoms with Gasteiger partial charge in [0.2, 0.25) is 0 Å². The van der Waals surface area contributed by atoms with Crippen LogP contribution in [-0.2, 0) is 0 Å². The molecule has 1 aromatic carbocycles. The van der Waals surface area contributed by atoms with E-state index < -0.39 is 0 Å². The van der Waals surface area contributed by atoms with Crippen LogP contribution in [0.4, 0.5) is 10.5 Å². The third kappa shape index (κ3) is 2.83. The van der Waals surface area contributed by atoms with Crippen molar-refractivity contribution in [3.63, 3.8) is 0 Å². The summed E-state index contributed by atoms with van der Waals surface area (Å²) in [5.74, 6) is 0. The van der Waals surface area contributed by atoms with Gasteiger partial charge in [-0.3, -0.25) is 0 Å². The summed E-state index contributed by atoms with van der Waals surface area (Å²) in [5, 5.41) is 5.28. The van der Waals surface area contributed by atoms with E-state index in [4.69, 9.17) is 9.97 Å². The molecule has 7 heteroatoms. The maximum absolute atomic E-state index is 11.5. The van der Waals surface area contributed by atoms with Crippen LogP contribution in [-0.4, -0.2) is 33.0 Å². The standard InChI is InChI=1S/C18H16N6O/c1-19-18(25)22-11-6-7-12-15(10-11)24-17(14-5-3-9-21-14)16(23-12)13-4-2-8-20-13/h2-10,20-21H,1H3,(H2,19,22,25). The zero-order valence-electron chi connectivity index (χ0n) is 13.5. The lowest BCUT2D eigenvalue weighted by Crippen LogP contribution is -2.24. The Morgan fingerprint density at radius 1 is 0.920 bits per heavy atom. The molecule has 0 aliphatic rings. The van der Waals surface area contributed by atoms with Gasteiger partial charge >= 0.3 is 6.03 Å². The van der Waals surface area contributed by atoms with E-state index in [2.05, 4.69) is 20.6 Å². The van der Waals surface area contributed by atoms with Gasteiger partial charge in [-0.1, -0.05) is 0 Å². The maximum Gasteiger partial charge on any atom is 0.318 e. The first-order chi connectivity index (χ1) is 12.2. The normalized spacial score (nSPS) is 10.8. The summed E-state index contributed by atoms with van der Waals surface area (Å²) in [7, 11) is 1.57. The summed E-state index contributed by atoms with van der Waals surface area (Å²) in [6.45, 7) is 0. The van der Waals surface area contributed by atoms with E-state index in [0.717, 1.165) is 28.3 Å². The Morgan fingerprint density at radius 3 is 2.12 bits per heavy atom. The van der Waals surface area contributed by atoms with Crippen molar-refractivity contribution in [3.05, 3.63) is 54.9 Å².